The Hall–Kier alpha value is -2.15. The standard InChI is InChI=1S/C26H32N/c1-25(2,3)21-14-18-10-11-22(16-20(18)15-21)27-13-12-23-19(17-27)8-7-9-24(23)26(4,5)6/h7-13,16-17,21H,14-15H2,1-6H3/q+1. The molecule has 3 aromatic rings. The van der Waals surface area contributed by atoms with E-state index in [4.69, 9.17) is 0 Å². The number of benzene rings is 2. The number of fused-ring (bicyclic) bond motifs is 2. The highest BCUT2D eigenvalue weighted by atomic mass is 14.9. The van der Waals surface area contributed by atoms with Crippen molar-refractivity contribution < 1.29 is 4.57 Å². The van der Waals surface area contributed by atoms with Gasteiger partial charge in [0.15, 0.2) is 12.4 Å². The van der Waals surface area contributed by atoms with Gasteiger partial charge in [-0.2, -0.15) is 4.57 Å². The monoisotopic (exact) mass is 358 g/mol. The van der Waals surface area contributed by atoms with E-state index in [1.165, 1.54) is 46.0 Å². The minimum atomic E-state index is 0.154. The van der Waals surface area contributed by atoms with Gasteiger partial charge in [-0.25, -0.2) is 0 Å². The normalized spacial score (nSPS) is 17.3. The van der Waals surface area contributed by atoms with Crippen molar-refractivity contribution >= 4 is 10.8 Å². The molecule has 140 valence electrons. The molecule has 1 heteroatoms. The zero-order valence-corrected chi connectivity index (χ0v) is 17.6. The largest absolute Gasteiger partial charge is 0.210 e. The second kappa shape index (κ2) is 6.19. The van der Waals surface area contributed by atoms with Gasteiger partial charge >= 0.3 is 0 Å². The lowest BCUT2D eigenvalue weighted by atomic mass is 9.79. The smallest absolute Gasteiger partial charge is 0.167 e. The predicted octanol–water partition coefficient (Wildman–Crippen LogP) is 6.17. The summed E-state index contributed by atoms with van der Waals surface area (Å²) in [5, 5.41) is 2.66. The Morgan fingerprint density at radius 1 is 0.852 bits per heavy atom. The van der Waals surface area contributed by atoms with Crippen LogP contribution in [-0.2, 0) is 18.3 Å². The van der Waals surface area contributed by atoms with Crippen LogP contribution in [-0.4, -0.2) is 0 Å². The molecule has 27 heavy (non-hydrogen) atoms. The first kappa shape index (κ1) is 18.2. The van der Waals surface area contributed by atoms with Gasteiger partial charge in [-0.3, -0.25) is 0 Å². The van der Waals surface area contributed by atoms with E-state index >= 15 is 0 Å². The highest BCUT2D eigenvalue weighted by Crippen LogP contribution is 2.38. The molecule has 0 N–H and O–H groups in total. The Kier molecular flexibility index (Phi) is 4.18. The maximum atomic E-state index is 2.40. The van der Waals surface area contributed by atoms with E-state index in [9.17, 15) is 0 Å². The molecular weight excluding hydrogens is 326 g/mol. The van der Waals surface area contributed by atoms with E-state index in [-0.39, 0.29) is 5.41 Å². The Bertz CT molecular complexity index is 999. The number of pyridine rings is 1. The lowest BCUT2D eigenvalue weighted by Crippen LogP contribution is -2.29. The zero-order valence-electron chi connectivity index (χ0n) is 17.6. The van der Waals surface area contributed by atoms with Crippen molar-refractivity contribution in [1.29, 1.82) is 0 Å². The SMILES string of the molecule is CC(C)(C)c1cccc2c[n+](-c3ccc4c(c3)CC(C(C)(C)C)C4)ccc12. The van der Waals surface area contributed by atoms with E-state index in [1.54, 1.807) is 0 Å². The van der Waals surface area contributed by atoms with Crippen LogP contribution in [0.25, 0.3) is 16.5 Å². The van der Waals surface area contributed by atoms with Gasteiger partial charge in [-0.15, -0.1) is 0 Å². The summed E-state index contributed by atoms with van der Waals surface area (Å²) in [6.07, 6.45) is 6.92. The van der Waals surface area contributed by atoms with E-state index in [1.807, 2.05) is 0 Å². The molecule has 0 radical (unpaired) electrons. The summed E-state index contributed by atoms with van der Waals surface area (Å²) in [7, 11) is 0. The van der Waals surface area contributed by atoms with E-state index in [2.05, 4.69) is 101 Å². The van der Waals surface area contributed by atoms with Gasteiger partial charge in [-0.1, -0.05) is 59.7 Å². The number of nitrogens with zero attached hydrogens (tertiary/aromatic N) is 1. The summed E-state index contributed by atoms with van der Waals surface area (Å²) < 4.78 is 2.28. The molecule has 2 aromatic carbocycles. The molecule has 1 aromatic heterocycles. The Balaban J connectivity index is 1.73. The summed E-state index contributed by atoms with van der Waals surface area (Å²) in [6.45, 7) is 14.0. The van der Waals surface area contributed by atoms with E-state index in [0.717, 1.165) is 5.92 Å². The molecule has 1 unspecified atom stereocenters. The van der Waals surface area contributed by atoms with Gasteiger partial charge in [0.2, 0.25) is 5.69 Å². The fraction of sp³-hybridized carbons (Fsp3) is 0.423. The first-order valence-corrected chi connectivity index (χ1v) is 10.2. The average Bonchev–Trinajstić information content (AvgIpc) is 3.03. The van der Waals surface area contributed by atoms with Crippen LogP contribution in [0.2, 0.25) is 0 Å². The molecular formula is C26H32N+. The van der Waals surface area contributed by atoms with Crippen LogP contribution in [0.5, 0.6) is 0 Å². The van der Waals surface area contributed by atoms with Crippen LogP contribution < -0.4 is 4.57 Å². The maximum Gasteiger partial charge on any atom is 0.210 e. The molecule has 1 heterocycles. The second-order valence-electron chi connectivity index (χ2n) is 10.3. The maximum absolute atomic E-state index is 2.40. The van der Waals surface area contributed by atoms with Crippen molar-refractivity contribution in [2.24, 2.45) is 11.3 Å². The highest BCUT2D eigenvalue weighted by molar-refractivity contribution is 5.85. The van der Waals surface area contributed by atoms with E-state index in [0.29, 0.717) is 5.41 Å². The van der Waals surface area contributed by atoms with Crippen molar-refractivity contribution in [2.75, 3.05) is 0 Å². The van der Waals surface area contributed by atoms with Crippen LogP contribution in [0, 0.1) is 11.3 Å². The van der Waals surface area contributed by atoms with Crippen molar-refractivity contribution in [3.05, 3.63) is 71.5 Å². The van der Waals surface area contributed by atoms with Crippen molar-refractivity contribution in [2.45, 2.75) is 59.8 Å². The van der Waals surface area contributed by atoms with Crippen molar-refractivity contribution in [3.8, 4) is 5.69 Å². The van der Waals surface area contributed by atoms with Gasteiger partial charge < -0.3 is 0 Å². The molecule has 1 atom stereocenters. The first-order chi connectivity index (χ1) is 12.6. The molecule has 0 bridgehead atoms. The van der Waals surface area contributed by atoms with Gasteiger partial charge in [0.1, 0.15) is 0 Å². The Morgan fingerprint density at radius 3 is 2.30 bits per heavy atom. The van der Waals surface area contributed by atoms with Gasteiger partial charge in [-0.05, 0) is 57.7 Å². The van der Waals surface area contributed by atoms with Gasteiger partial charge in [0.25, 0.3) is 0 Å². The third kappa shape index (κ3) is 3.40. The molecule has 1 nitrogen and oxygen atoms in total. The molecule has 0 saturated heterocycles. The minimum absolute atomic E-state index is 0.154. The van der Waals surface area contributed by atoms with Gasteiger partial charge in [0.05, 0.1) is 0 Å². The number of rotatable bonds is 1. The number of hydrogen-bond donors (Lipinski definition) is 0. The summed E-state index contributed by atoms with van der Waals surface area (Å²) in [6, 6.07) is 16.0. The Labute approximate surface area is 164 Å². The quantitative estimate of drug-likeness (QED) is 0.458. The van der Waals surface area contributed by atoms with E-state index < -0.39 is 0 Å². The molecule has 1 aliphatic carbocycles. The number of aromatic nitrogens is 1. The lowest BCUT2D eigenvalue weighted by Gasteiger charge is -2.26. The minimum Gasteiger partial charge on any atom is -0.167 e. The Morgan fingerprint density at radius 2 is 1.59 bits per heavy atom. The molecule has 0 aliphatic heterocycles. The molecule has 1 aliphatic rings. The lowest BCUT2D eigenvalue weighted by molar-refractivity contribution is -0.594. The fourth-order valence-electron chi connectivity index (χ4n) is 4.42. The predicted molar refractivity (Wildman–Crippen MR) is 115 cm³/mol. The highest BCUT2D eigenvalue weighted by Gasteiger charge is 2.31. The summed E-state index contributed by atoms with van der Waals surface area (Å²) in [5.41, 5.74) is 6.28. The third-order valence-corrected chi connectivity index (χ3v) is 6.27. The third-order valence-electron chi connectivity index (χ3n) is 6.27. The molecule has 4 rings (SSSR count). The topological polar surface area (TPSA) is 3.88 Å². The molecule has 0 fully saturated rings. The molecule has 0 saturated carbocycles. The van der Waals surface area contributed by atoms with Crippen LogP contribution in [0.4, 0.5) is 0 Å². The summed E-state index contributed by atoms with van der Waals surface area (Å²) in [5.74, 6) is 0.749. The van der Waals surface area contributed by atoms with Crippen LogP contribution >= 0.6 is 0 Å². The number of hydrogen-bond acceptors (Lipinski definition) is 0. The molecule has 0 amide bonds. The van der Waals surface area contributed by atoms with Crippen molar-refractivity contribution in [3.63, 3.8) is 0 Å². The van der Waals surface area contributed by atoms with Gasteiger partial charge in [0, 0.05) is 23.6 Å². The van der Waals surface area contributed by atoms with Crippen LogP contribution in [0.15, 0.2) is 54.9 Å². The van der Waals surface area contributed by atoms with Crippen LogP contribution in [0.3, 0.4) is 0 Å². The first-order valence-electron chi connectivity index (χ1n) is 10.2. The summed E-state index contributed by atoms with van der Waals surface area (Å²) in [4.78, 5) is 0. The fourth-order valence-corrected chi connectivity index (χ4v) is 4.42. The van der Waals surface area contributed by atoms with Crippen LogP contribution in [0.1, 0.15) is 58.2 Å². The summed E-state index contributed by atoms with van der Waals surface area (Å²) >= 11 is 0. The molecule has 0 spiro atoms. The average molecular weight is 359 g/mol. The zero-order chi connectivity index (χ0) is 19.4. The second-order valence-corrected chi connectivity index (χ2v) is 10.3. The van der Waals surface area contributed by atoms with Crippen molar-refractivity contribution in [1.82, 2.24) is 0 Å².